The molecular weight excluding hydrogens is 440 g/mol. The fourth-order valence-electron chi connectivity index (χ4n) is 2.81. The highest BCUT2D eigenvalue weighted by atomic mass is 79.9. The molecular formula is C18H14BrClN2O3S. The van der Waals surface area contributed by atoms with Crippen molar-refractivity contribution >= 4 is 56.0 Å². The smallest absolute Gasteiger partial charge is 0.202 e. The maximum absolute atomic E-state index is 13.1. The normalized spacial score (nSPS) is 14.1. The number of hydrogen-bond acceptors (Lipinski definition) is 5. The molecule has 4 rings (SSSR count). The lowest BCUT2D eigenvalue weighted by atomic mass is 10.1. The number of halogens is 2. The molecule has 1 aliphatic carbocycles. The van der Waals surface area contributed by atoms with E-state index in [4.69, 9.17) is 16.1 Å². The van der Waals surface area contributed by atoms with Gasteiger partial charge in [0.2, 0.25) is 5.43 Å². The van der Waals surface area contributed by atoms with E-state index in [1.807, 2.05) is 13.0 Å². The summed E-state index contributed by atoms with van der Waals surface area (Å²) in [5.41, 5.74) is 1.23. The molecule has 0 atom stereocenters. The number of fused-ring (bicyclic) bond motifs is 1. The third-order valence-corrected chi connectivity index (χ3v) is 6.27. The van der Waals surface area contributed by atoms with E-state index in [-0.39, 0.29) is 22.7 Å². The largest absolute Gasteiger partial charge is 0.361 e. The van der Waals surface area contributed by atoms with Crippen LogP contribution in [0.3, 0.4) is 0 Å². The van der Waals surface area contributed by atoms with Crippen LogP contribution in [0.15, 0.2) is 37.0 Å². The Balaban J connectivity index is 1.85. The molecule has 0 saturated heterocycles. The SMILES string of the molecule is Cc1cc(CSc2[nH]c3c(Br)ccc(Cl)c3c(=O)c2C(=O)C2CC2)no1. The average molecular weight is 454 g/mol. The van der Waals surface area contributed by atoms with Gasteiger partial charge in [0.15, 0.2) is 5.78 Å². The number of ketones is 1. The van der Waals surface area contributed by atoms with Gasteiger partial charge >= 0.3 is 0 Å². The summed E-state index contributed by atoms with van der Waals surface area (Å²) in [5.74, 6) is 1.04. The molecule has 0 radical (unpaired) electrons. The number of carbonyl (C=O) groups is 1. The summed E-state index contributed by atoms with van der Waals surface area (Å²) in [6.07, 6.45) is 1.66. The van der Waals surface area contributed by atoms with E-state index in [0.717, 1.165) is 28.8 Å². The van der Waals surface area contributed by atoms with Crippen LogP contribution in [0.2, 0.25) is 5.02 Å². The van der Waals surface area contributed by atoms with Crippen LogP contribution in [-0.4, -0.2) is 15.9 Å². The molecule has 3 aromatic rings. The summed E-state index contributed by atoms with van der Waals surface area (Å²) in [7, 11) is 0. The van der Waals surface area contributed by atoms with Gasteiger partial charge < -0.3 is 9.51 Å². The van der Waals surface area contributed by atoms with Gasteiger partial charge in [-0.1, -0.05) is 16.8 Å². The Labute approximate surface area is 166 Å². The molecule has 0 amide bonds. The van der Waals surface area contributed by atoms with Gasteiger partial charge in [-0.15, -0.1) is 11.8 Å². The Morgan fingerprint density at radius 1 is 1.46 bits per heavy atom. The van der Waals surface area contributed by atoms with E-state index >= 15 is 0 Å². The number of thioether (sulfide) groups is 1. The summed E-state index contributed by atoms with van der Waals surface area (Å²) in [4.78, 5) is 29.1. The number of hydrogen-bond donors (Lipinski definition) is 1. The third-order valence-electron chi connectivity index (χ3n) is 4.26. The Morgan fingerprint density at radius 3 is 2.88 bits per heavy atom. The van der Waals surface area contributed by atoms with Gasteiger partial charge in [0.1, 0.15) is 5.76 Å². The molecule has 1 fully saturated rings. The number of rotatable bonds is 5. The fourth-order valence-corrected chi connectivity index (χ4v) is 4.43. The zero-order valence-corrected chi connectivity index (χ0v) is 16.9. The van der Waals surface area contributed by atoms with Crippen molar-refractivity contribution in [3.8, 4) is 0 Å². The van der Waals surface area contributed by atoms with Crippen molar-refractivity contribution in [3.05, 3.63) is 54.9 Å². The Bertz CT molecular complexity index is 1090. The van der Waals surface area contributed by atoms with E-state index in [0.29, 0.717) is 26.7 Å². The van der Waals surface area contributed by atoms with Gasteiger partial charge in [-0.3, -0.25) is 9.59 Å². The molecule has 2 heterocycles. The highest BCUT2D eigenvalue weighted by molar-refractivity contribution is 9.10. The van der Waals surface area contributed by atoms with Crippen molar-refractivity contribution in [1.82, 2.24) is 10.1 Å². The minimum atomic E-state index is -0.319. The Morgan fingerprint density at radius 2 is 2.23 bits per heavy atom. The second kappa shape index (κ2) is 6.87. The summed E-state index contributed by atoms with van der Waals surface area (Å²) in [6, 6.07) is 5.26. The Kier molecular flexibility index (Phi) is 4.71. The molecule has 1 aromatic carbocycles. The first-order chi connectivity index (χ1) is 12.5. The molecule has 1 saturated carbocycles. The average Bonchev–Trinajstić information content (AvgIpc) is 3.38. The second-order valence-electron chi connectivity index (χ2n) is 6.29. The highest BCUT2D eigenvalue weighted by Crippen LogP contribution is 2.36. The predicted octanol–water partition coefficient (Wildman–Crippen LogP) is 5.13. The van der Waals surface area contributed by atoms with Gasteiger partial charge in [0.05, 0.1) is 32.2 Å². The van der Waals surface area contributed by atoms with Crippen LogP contribution in [0.4, 0.5) is 0 Å². The first kappa shape index (κ1) is 17.8. The molecule has 1 aliphatic rings. The summed E-state index contributed by atoms with van der Waals surface area (Å²) in [6.45, 7) is 1.82. The summed E-state index contributed by atoms with van der Waals surface area (Å²) < 4.78 is 5.80. The maximum Gasteiger partial charge on any atom is 0.202 e. The van der Waals surface area contributed by atoms with Crippen LogP contribution in [-0.2, 0) is 5.75 Å². The maximum atomic E-state index is 13.1. The number of aromatic nitrogens is 2. The van der Waals surface area contributed by atoms with E-state index in [9.17, 15) is 9.59 Å². The van der Waals surface area contributed by atoms with Crippen LogP contribution >= 0.6 is 39.3 Å². The zero-order valence-electron chi connectivity index (χ0n) is 13.8. The number of benzene rings is 1. The third kappa shape index (κ3) is 3.23. The van der Waals surface area contributed by atoms with Crippen molar-refractivity contribution < 1.29 is 9.32 Å². The van der Waals surface area contributed by atoms with Crippen molar-refractivity contribution in [2.75, 3.05) is 0 Å². The van der Waals surface area contributed by atoms with Crippen LogP contribution in [0.25, 0.3) is 10.9 Å². The van der Waals surface area contributed by atoms with Gasteiger partial charge in [0.25, 0.3) is 0 Å². The van der Waals surface area contributed by atoms with Crippen LogP contribution in [0.1, 0.15) is 34.7 Å². The number of aromatic amines is 1. The van der Waals surface area contributed by atoms with Crippen molar-refractivity contribution in [3.63, 3.8) is 0 Å². The number of carbonyl (C=O) groups excluding carboxylic acids is 1. The summed E-state index contributed by atoms with van der Waals surface area (Å²) in [5, 5.41) is 5.18. The molecule has 26 heavy (non-hydrogen) atoms. The van der Waals surface area contributed by atoms with Gasteiger partial charge in [-0.2, -0.15) is 0 Å². The van der Waals surface area contributed by atoms with Crippen LogP contribution in [0, 0.1) is 12.8 Å². The van der Waals surface area contributed by atoms with Crippen molar-refractivity contribution in [1.29, 1.82) is 0 Å². The number of nitrogens with one attached hydrogen (secondary N) is 1. The lowest BCUT2D eigenvalue weighted by Gasteiger charge is -2.11. The standard InChI is InChI=1S/C18H14BrClN2O3S/c1-8-6-10(22-25-8)7-26-18-14(16(23)9-2-3-9)17(24)13-12(20)5-4-11(19)15(13)21-18/h4-6,9H,2-3,7H2,1H3,(H,21,24). The van der Waals surface area contributed by atoms with E-state index in [1.54, 1.807) is 12.1 Å². The summed E-state index contributed by atoms with van der Waals surface area (Å²) >= 11 is 11.1. The molecule has 1 N–H and O–H groups in total. The number of aryl methyl sites for hydroxylation is 1. The topological polar surface area (TPSA) is 76.0 Å². The number of pyridine rings is 1. The van der Waals surface area contributed by atoms with E-state index in [1.165, 1.54) is 11.8 Å². The number of nitrogens with zero attached hydrogens (tertiary/aromatic N) is 1. The molecule has 0 unspecified atom stereocenters. The molecule has 0 aliphatic heterocycles. The Hall–Kier alpha value is -1.57. The monoisotopic (exact) mass is 452 g/mol. The second-order valence-corrected chi connectivity index (χ2v) is 8.54. The molecule has 0 bridgehead atoms. The van der Waals surface area contributed by atoms with Crippen LogP contribution in [0.5, 0.6) is 0 Å². The molecule has 134 valence electrons. The van der Waals surface area contributed by atoms with Gasteiger partial charge in [0, 0.05) is 22.2 Å². The first-order valence-corrected chi connectivity index (χ1v) is 10.2. The number of Topliss-reactive ketones (excluding diaryl/α,β-unsaturated/α-hetero) is 1. The first-order valence-electron chi connectivity index (χ1n) is 8.09. The molecule has 2 aromatic heterocycles. The van der Waals surface area contributed by atoms with E-state index in [2.05, 4.69) is 26.1 Å². The number of H-pyrrole nitrogens is 1. The quantitative estimate of drug-likeness (QED) is 0.428. The minimum absolute atomic E-state index is 0.0619. The predicted molar refractivity (Wildman–Crippen MR) is 105 cm³/mol. The fraction of sp³-hybridized carbons (Fsp3) is 0.278. The van der Waals surface area contributed by atoms with Crippen molar-refractivity contribution in [2.45, 2.75) is 30.5 Å². The lowest BCUT2D eigenvalue weighted by Crippen LogP contribution is -2.20. The lowest BCUT2D eigenvalue weighted by molar-refractivity contribution is 0.0963. The molecule has 0 spiro atoms. The minimum Gasteiger partial charge on any atom is -0.361 e. The zero-order chi connectivity index (χ0) is 18.4. The van der Waals surface area contributed by atoms with Crippen molar-refractivity contribution in [2.24, 2.45) is 5.92 Å². The van der Waals surface area contributed by atoms with Gasteiger partial charge in [-0.25, -0.2) is 0 Å². The molecule has 5 nitrogen and oxygen atoms in total. The van der Waals surface area contributed by atoms with E-state index < -0.39 is 0 Å². The molecule has 8 heteroatoms. The highest BCUT2D eigenvalue weighted by Gasteiger charge is 2.34. The van der Waals surface area contributed by atoms with Gasteiger partial charge in [-0.05, 0) is 47.8 Å². The van der Waals surface area contributed by atoms with Crippen LogP contribution < -0.4 is 5.43 Å².